The van der Waals surface area contributed by atoms with Gasteiger partial charge in [-0.05, 0) is 24.8 Å². The maximum Gasteiger partial charge on any atom is 0.220 e. The summed E-state index contributed by atoms with van der Waals surface area (Å²) in [6.45, 7) is 9.29. The molecule has 17 heavy (non-hydrogen) atoms. The standard InChI is InChI=1S/C13H26N2OS/c1-4-6-17-7-5-15-13(16)9-12(10-14)8-11(2)3/h4,11-12H,1,5-10,14H2,2-3H3,(H,15,16)/t12-/m0/s1. The number of hydrogen-bond acceptors (Lipinski definition) is 3. The Hall–Kier alpha value is -0.480. The Morgan fingerprint density at radius 2 is 2.24 bits per heavy atom. The van der Waals surface area contributed by atoms with Crippen LogP contribution in [0.3, 0.4) is 0 Å². The average molecular weight is 258 g/mol. The van der Waals surface area contributed by atoms with Gasteiger partial charge in [-0.3, -0.25) is 4.79 Å². The van der Waals surface area contributed by atoms with Gasteiger partial charge in [0.1, 0.15) is 0 Å². The fourth-order valence-electron chi connectivity index (χ4n) is 1.69. The molecule has 0 spiro atoms. The van der Waals surface area contributed by atoms with Crippen molar-refractivity contribution in [2.24, 2.45) is 17.6 Å². The first-order valence-electron chi connectivity index (χ1n) is 6.25. The van der Waals surface area contributed by atoms with Crippen molar-refractivity contribution in [3.8, 4) is 0 Å². The molecule has 4 heteroatoms. The normalized spacial score (nSPS) is 12.5. The van der Waals surface area contributed by atoms with Crippen molar-refractivity contribution in [1.29, 1.82) is 0 Å². The lowest BCUT2D eigenvalue weighted by atomic mass is 9.94. The van der Waals surface area contributed by atoms with E-state index in [4.69, 9.17) is 5.73 Å². The fourth-order valence-corrected chi connectivity index (χ4v) is 2.27. The number of thioether (sulfide) groups is 1. The SMILES string of the molecule is C=CCSCCNC(=O)C[C@@H](CN)CC(C)C. The first-order chi connectivity index (χ1) is 8.10. The molecule has 1 amide bonds. The zero-order valence-corrected chi connectivity index (χ0v) is 11.9. The smallest absolute Gasteiger partial charge is 0.220 e. The second kappa shape index (κ2) is 10.7. The molecule has 0 heterocycles. The third-order valence-electron chi connectivity index (χ3n) is 2.42. The third kappa shape index (κ3) is 10.4. The molecule has 100 valence electrons. The van der Waals surface area contributed by atoms with Gasteiger partial charge in [0.05, 0.1) is 0 Å². The number of amides is 1. The van der Waals surface area contributed by atoms with Crippen LogP contribution in [0.15, 0.2) is 12.7 Å². The molecule has 0 aromatic carbocycles. The number of carbonyl (C=O) groups excluding carboxylic acids is 1. The molecule has 0 radical (unpaired) electrons. The van der Waals surface area contributed by atoms with Gasteiger partial charge < -0.3 is 11.1 Å². The monoisotopic (exact) mass is 258 g/mol. The second-order valence-electron chi connectivity index (χ2n) is 4.65. The lowest BCUT2D eigenvalue weighted by Crippen LogP contribution is -2.30. The lowest BCUT2D eigenvalue weighted by Gasteiger charge is -2.16. The van der Waals surface area contributed by atoms with E-state index < -0.39 is 0 Å². The summed E-state index contributed by atoms with van der Waals surface area (Å²) >= 11 is 1.77. The minimum atomic E-state index is 0.125. The van der Waals surface area contributed by atoms with E-state index in [-0.39, 0.29) is 5.91 Å². The average Bonchev–Trinajstić information content (AvgIpc) is 2.27. The molecule has 0 aliphatic rings. The highest BCUT2D eigenvalue weighted by Gasteiger charge is 2.13. The summed E-state index contributed by atoms with van der Waals surface area (Å²) in [5, 5.41) is 2.93. The maximum absolute atomic E-state index is 11.6. The first kappa shape index (κ1) is 16.5. The van der Waals surface area contributed by atoms with Gasteiger partial charge in [0, 0.05) is 24.5 Å². The molecule has 0 bridgehead atoms. The van der Waals surface area contributed by atoms with Crippen LogP contribution in [-0.4, -0.2) is 30.5 Å². The number of rotatable bonds is 10. The van der Waals surface area contributed by atoms with Crippen molar-refractivity contribution in [2.45, 2.75) is 26.7 Å². The van der Waals surface area contributed by atoms with Crippen LogP contribution >= 0.6 is 11.8 Å². The first-order valence-corrected chi connectivity index (χ1v) is 7.41. The molecule has 0 aliphatic carbocycles. The molecule has 0 aliphatic heterocycles. The van der Waals surface area contributed by atoms with Crippen LogP contribution in [0.5, 0.6) is 0 Å². The molecule has 1 atom stereocenters. The quantitative estimate of drug-likeness (QED) is 0.466. The molecule has 0 saturated heterocycles. The topological polar surface area (TPSA) is 55.1 Å². The largest absolute Gasteiger partial charge is 0.355 e. The summed E-state index contributed by atoms with van der Waals surface area (Å²) in [6, 6.07) is 0. The Kier molecular flexibility index (Phi) is 10.4. The van der Waals surface area contributed by atoms with Crippen LogP contribution in [-0.2, 0) is 4.79 Å². The minimum Gasteiger partial charge on any atom is -0.355 e. The van der Waals surface area contributed by atoms with E-state index >= 15 is 0 Å². The Morgan fingerprint density at radius 1 is 1.53 bits per heavy atom. The van der Waals surface area contributed by atoms with E-state index in [2.05, 4.69) is 25.7 Å². The second-order valence-corrected chi connectivity index (χ2v) is 5.80. The number of hydrogen-bond donors (Lipinski definition) is 2. The minimum absolute atomic E-state index is 0.125. The Bertz CT molecular complexity index is 219. The summed E-state index contributed by atoms with van der Waals surface area (Å²) < 4.78 is 0. The lowest BCUT2D eigenvalue weighted by molar-refractivity contribution is -0.121. The van der Waals surface area contributed by atoms with E-state index in [1.807, 2.05) is 6.08 Å². The van der Waals surface area contributed by atoms with Gasteiger partial charge in [0.2, 0.25) is 5.91 Å². The van der Waals surface area contributed by atoms with Gasteiger partial charge in [-0.2, -0.15) is 11.8 Å². The highest BCUT2D eigenvalue weighted by molar-refractivity contribution is 7.99. The zero-order chi connectivity index (χ0) is 13.1. The van der Waals surface area contributed by atoms with Crippen molar-refractivity contribution in [3.63, 3.8) is 0 Å². The van der Waals surface area contributed by atoms with Gasteiger partial charge in [0.15, 0.2) is 0 Å². The van der Waals surface area contributed by atoms with Gasteiger partial charge in [0.25, 0.3) is 0 Å². The fraction of sp³-hybridized carbons (Fsp3) is 0.769. The molecular weight excluding hydrogens is 232 g/mol. The van der Waals surface area contributed by atoms with Crippen LogP contribution in [0.2, 0.25) is 0 Å². The van der Waals surface area contributed by atoms with E-state index in [1.54, 1.807) is 11.8 Å². The number of carbonyl (C=O) groups is 1. The molecular formula is C13H26N2OS. The molecule has 0 fully saturated rings. The zero-order valence-electron chi connectivity index (χ0n) is 11.1. The van der Waals surface area contributed by atoms with E-state index in [0.717, 1.165) is 24.5 Å². The predicted molar refractivity (Wildman–Crippen MR) is 77.1 cm³/mol. The highest BCUT2D eigenvalue weighted by atomic mass is 32.2. The number of nitrogens with one attached hydrogen (secondary N) is 1. The van der Waals surface area contributed by atoms with Gasteiger partial charge in [-0.1, -0.05) is 19.9 Å². The molecule has 0 rings (SSSR count). The van der Waals surface area contributed by atoms with Crippen molar-refractivity contribution < 1.29 is 4.79 Å². The Balaban J connectivity index is 3.64. The molecule has 0 aromatic rings. The van der Waals surface area contributed by atoms with Gasteiger partial charge >= 0.3 is 0 Å². The molecule has 0 unspecified atom stereocenters. The predicted octanol–water partition coefficient (Wildman–Crippen LogP) is 2.03. The van der Waals surface area contributed by atoms with Crippen molar-refractivity contribution in [2.75, 3.05) is 24.6 Å². The molecule has 3 nitrogen and oxygen atoms in total. The molecule has 0 aromatic heterocycles. The van der Waals surface area contributed by atoms with Crippen LogP contribution in [0, 0.1) is 11.8 Å². The van der Waals surface area contributed by atoms with Crippen LogP contribution in [0.4, 0.5) is 0 Å². The van der Waals surface area contributed by atoms with Crippen molar-refractivity contribution in [1.82, 2.24) is 5.32 Å². The maximum atomic E-state index is 11.6. The summed E-state index contributed by atoms with van der Waals surface area (Å²) in [4.78, 5) is 11.6. The van der Waals surface area contributed by atoms with Gasteiger partial charge in [-0.15, -0.1) is 6.58 Å². The number of nitrogens with two attached hydrogens (primary N) is 1. The molecule has 0 saturated carbocycles. The summed E-state index contributed by atoms with van der Waals surface area (Å²) in [5.41, 5.74) is 5.67. The summed E-state index contributed by atoms with van der Waals surface area (Å²) in [6.07, 6.45) is 3.45. The van der Waals surface area contributed by atoms with Crippen molar-refractivity contribution in [3.05, 3.63) is 12.7 Å². The van der Waals surface area contributed by atoms with Crippen LogP contribution in [0.25, 0.3) is 0 Å². The summed E-state index contributed by atoms with van der Waals surface area (Å²) in [5.74, 6) is 2.92. The molecule has 3 N–H and O–H groups in total. The Morgan fingerprint density at radius 3 is 2.76 bits per heavy atom. The van der Waals surface area contributed by atoms with E-state index in [0.29, 0.717) is 24.8 Å². The van der Waals surface area contributed by atoms with Crippen molar-refractivity contribution >= 4 is 17.7 Å². The Labute approximate surface area is 110 Å². The van der Waals surface area contributed by atoms with Crippen LogP contribution in [0.1, 0.15) is 26.7 Å². The van der Waals surface area contributed by atoms with Gasteiger partial charge in [-0.25, -0.2) is 0 Å². The van der Waals surface area contributed by atoms with Crippen LogP contribution < -0.4 is 11.1 Å². The third-order valence-corrected chi connectivity index (χ3v) is 3.38. The summed E-state index contributed by atoms with van der Waals surface area (Å²) in [7, 11) is 0. The highest BCUT2D eigenvalue weighted by Crippen LogP contribution is 2.13. The van der Waals surface area contributed by atoms with E-state index in [9.17, 15) is 4.79 Å². The van der Waals surface area contributed by atoms with E-state index in [1.165, 1.54) is 0 Å².